The third-order valence-electron chi connectivity index (χ3n) is 4.04. The van der Waals surface area contributed by atoms with Crippen molar-refractivity contribution in [2.24, 2.45) is 0 Å². The van der Waals surface area contributed by atoms with Crippen LogP contribution in [0.5, 0.6) is 0 Å². The van der Waals surface area contributed by atoms with Crippen molar-refractivity contribution in [2.45, 2.75) is 19.4 Å². The zero-order valence-electron chi connectivity index (χ0n) is 14.9. The van der Waals surface area contributed by atoms with Gasteiger partial charge in [-0.15, -0.1) is 0 Å². The first-order valence-electron chi connectivity index (χ1n) is 8.83. The van der Waals surface area contributed by atoms with Crippen LogP contribution >= 0.6 is 11.6 Å². The van der Waals surface area contributed by atoms with Crippen molar-refractivity contribution >= 4 is 23.3 Å². The molecule has 1 aromatic heterocycles. The van der Waals surface area contributed by atoms with Gasteiger partial charge in [0.1, 0.15) is 11.5 Å². The van der Waals surface area contributed by atoms with Crippen molar-refractivity contribution in [3.63, 3.8) is 0 Å². The van der Waals surface area contributed by atoms with Crippen molar-refractivity contribution in [3.05, 3.63) is 88.8 Å². The Morgan fingerprint density at radius 3 is 2.41 bits per heavy atom. The largest absolute Gasteiger partial charge is 0.365 e. The minimum Gasteiger partial charge on any atom is -0.365 e. The molecule has 3 rings (SSSR count). The summed E-state index contributed by atoms with van der Waals surface area (Å²) >= 11 is 5.87. The Morgan fingerprint density at radius 1 is 0.926 bits per heavy atom. The van der Waals surface area contributed by atoms with Crippen molar-refractivity contribution in [1.82, 2.24) is 15.3 Å². The second-order valence-electron chi connectivity index (χ2n) is 6.11. The summed E-state index contributed by atoms with van der Waals surface area (Å²) in [4.78, 5) is 20.6. The van der Waals surface area contributed by atoms with Crippen LogP contribution in [-0.4, -0.2) is 22.4 Å². The van der Waals surface area contributed by atoms with E-state index in [0.29, 0.717) is 29.6 Å². The second kappa shape index (κ2) is 9.69. The summed E-state index contributed by atoms with van der Waals surface area (Å²) in [6.07, 6.45) is 4.86. The number of aryl methyl sites for hydroxylation is 1. The molecule has 0 radical (unpaired) electrons. The van der Waals surface area contributed by atoms with Gasteiger partial charge < -0.3 is 10.6 Å². The third-order valence-corrected chi connectivity index (χ3v) is 4.29. The van der Waals surface area contributed by atoms with Gasteiger partial charge in [-0.1, -0.05) is 54.1 Å². The Hall–Kier alpha value is -2.92. The molecule has 0 saturated carbocycles. The lowest BCUT2D eigenvalue weighted by Crippen LogP contribution is -2.25. The summed E-state index contributed by atoms with van der Waals surface area (Å²) < 4.78 is 0. The Labute approximate surface area is 163 Å². The minimum absolute atomic E-state index is 0.209. The molecule has 0 aliphatic heterocycles. The van der Waals surface area contributed by atoms with E-state index in [9.17, 15) is 4.79 Å². The molecular formula is C21H21ClN4O. The molecule has 0 atom stereocenters. The number of benzene rings is 2. The van der Waals surface area contributed by atoms with E-state index < -0.39 is 0 Å². The maximum atomic E-state index is 12.1. The van der Waals surface area contributed by atoms with Crippen LogP contribution in [0, 0.1) is 0 Å². The van der Waals surface area contributed by atoms with E-state index in [2.05, 4.69) is 32.7 Å². The number of nitrogens with one attached hydrogen (secondary N) is 2. The van der Waals surface area contributed by atoms with Crippen LogP contribution in [0.2, 0.25) is 5.02 Å². The molecule has 0 spiro atoms. The van der Waals surface area contributed by atoms with E-state index >= 15 is 0 Å². The molecule has 138 valence electrons. The lowest BCUT2D eigenvalue weighted by atomic mass is 10.1. The number of amides is 1. The highest BCUT2D eigenvalue weighted by Crippen LogP contribution is 2.11. The van der Waals surface area contributed by atoms with Gasteiger partial charge in [-0.2, -0.15) is 0 Å². The molecule has 0 unspecified atom stereocenters. The van der Waals surface area contributed by atoms with Crippen LogP contribution < -0.4 is 10.6 Å². The average molecular weight is 381 g/mol. The molecular weight excluding hydrogens is 360 g/mol. The molecule has 5 nitrogen and oxygen atoms in total. The number of hydrogen-bond donors (Lipinski definition) is 2. The second-order valence-corrected chi connectivity index (χ2v) is 6.55. The van der Waals surface area contributed by atoms with Gasteiger partial charge in [0.25, 0.3) is 5.91 Å². The number of rotatable bonds is 8. The molecule has 0 fully saturated rings. The number of halogens is 1. The lowest BCUT2D eigenvalue weighted by molar-refractivity contribution is 0.0948. The first-order valence-corrected chi connectivity index (χ1v) is 9.21. The predicted octanol–water partition coefficient (Wildman–Crippen LogP) is 4.10. The highest BCUT2D eigenvalue weighted by Gasteiger charge is 2.07. The van der Waals surface area contributed by atoms with E-state index in [-0.39, 0.29) is 5.91 Å². The van der Waals surface area contributed by atoms with Gasteiger partial charge in [0, 0.05) is 18.1 Å². The predicted molar refractivity (Wildman–Crippen MR) is 108 cm³/mol. The molecule has 2 aromatic carbocycles. The van der Waals surface area contributed by atoms with E-state index in [0.717, 1.165) is 18.4 Å². The van der Waals surface area contributed by atoms with Crippen LogP contribution in [-0.2, 0) is 13.0 Å². The molecule has 0 saturated heterocycles. The highest BCUT2D eigenvalue weighted by molar-refractivity contribution is 6.30. The van der Waals surface area contributed by atoms with Gasteiger partial charge in [0.15, 0.2) is 0 Å². The van der Waals surface area contributed by atoms with Crippen LogP contribution in [0.1, 0.15) is 28.0 Å². The number of carbonyl (C=O) groups excluding carboxylic acids is 1. The van der Waals surface area contributed by atoms with Gasteiger partial charge in [0.2, 0.25) is 0 Å². The first kappa shape index (κ1) is 18.9. The lowest BCUT2D eigenvalue weighted by Gasteiger charge is -2.07. The molecule has 0 aliphatic carbocycles. The summed E-state index contributed by atoms with van der Waals surface area (Å²) in [7, 11) is 0. The SMILES string of the molecule is O=C(NCCCc1ccccc1)c1cnc(NCc2ccc(Cl)cc2)cn1. The molecule has 0 bridgehead atoms. The van der Waals surface area contributed by atoms with Gasteiger partial charge >= 0.3 is 0 Å². The van der Waals surface area contributed by atoms with Crippen LogP contribution in [0.4, 0.5) is 5.82 Å². The molecule has 0 aliphatic rings. The summed E-state index contributed by atoms with van der Waals surface area (Å²) in [5, 5.41) is 6.75. The fourth-order valence-electron chi connectivity index (χ4n) is 2.56. The van der Waals surface area contributed by atoms with E-state index in [4.69, 9.17) is 11.6 Å². The standard InChI is InChI=1S/C21H21ClN4O/c22-18-10-8-17(9-11-18)13-25-20-15-24-19(14-26-20)21(27)23-12-4-7-16-5-2-1-3-6-16/h1-3,5-6,8-11,14-15H,4,7,12-13H2,(H,23,27)(H,25,26). The fourth-order valence-corrected chi connectivity index (χ4v) is 2.69. The number of hydrogen-bond acceptors (Lipinski definition) is 4. The normalized spacial score (nSPS) is 10.4. The summed E-state index contributed by atoms with van der Waals surface area (Å²) in [6.45, 7) is 1.21. The minimum atomic E-state index is -0.209. The molecule has 1 heterocycles. The topological polar surface area (TPSA) is 66.9 Å². The smallest absolute Gasteiger partial charge is 0.271 e. The maximum absolute atomic E-state index is 12.1. The maximum Gasteiger partial charge on any atom is 0.271 e. The third kappa shape index (κ3) is 6.08. The Kier molecular flexibility index (Phi) is 6.77. The summed E-state index contributed by atoms with van der Waals surface area (Å²) in [6, 6.07) is 17.8. The van der Waals surface area contributed by atoms with Gasteiger partial charge in [0.05, 0.1) is 12.4 Å². The van der Waals surface area contributed by atoms with Crippen LogP contribution in [0.3, 0.4) is 0 Å². The molecule has 1 amide bonds. The summed E-state index contributed by atoms with van der Waals surface area (Å²) in [5.74, 6) is 0.408. The number of anilines is 1. The zero-order chi connectivity index (χ0) is 18.9. The molecule has 27 heavy (non-hydrogen) atoms. The summed E-state index contributed by atoms with van der Waals surface area (Å²) in [5.41, 5.74) is 2.66. The van der Waals surface area contributed by atoms with Gasteiger partial charge in [-0.25, -0.2) is 9.97 Å². The average Bonchev–Trinajstić information content (AvgIpc) is 2.72. The van der Waals surface area contributed by atoms with Crippen molar-refractivity contribution in [1.29, 1.82) is 0 Å². The molecule has 3 aromatic rings. The quantitative estimate of drug-likeness (QED) is 0.577. The Balaban J connectivity index is 1.42. The Morgan fingerprint density at radius 2 is 1.70 bits per heavy atom. The molecule has 2 N–H and O–H groups in total. The monoisotopic (exact) mass is 380 g/mol. The highest BCUT2D eigenvalue weighted by atomic mass is 35.5. The zero-order valence-corrected chi connectivity index (χ0v) is 15.6. The number of aromatic nitrogens is 2. The van der Waals surface area contributed by atoms with Crippen molar-refractivity contribution in [3.8, 4) is 0 Å². The van der Waals surface area contributed by atoms with Gasteiger partial charge in [-0.05, 0) is 36.1 Å². The van der Waals surface area contributed by atoms with Gasteiger partial charge in [-0.3, -0.25) is 4.79 Å². The van der Waals surface area contributed by atoms with E-state index in [1.165, 1.54) is 11.8 Å². The Bertz CT molecular complexity index is 852. The van der Waals surface area contributed by atoms with Crippen molar-refractivity contribution < 1.29 is 4.79 Å². The van der Waals surface area contributed by atoms with Crippen LogP contribution in [0.25, 0.3) is 0 Å². The first-order chi connectivity index (χ1) is 13.2. The number of nitrogens with zero attached hydrogens (tertiary/aromatic N) is 2. The van der Waals surface area contributed by atoms with Crippen molar-refractivity contribution in [2.75, 3.05) is 11.9 Å². The van der Waals surface area contributed by atoms with E-state index in [1.54, 1.807) is 6.20 Å². The van der Waals surface area contributed by atoms with E-state index in [1.807, 2.05) is 42.5 Å². The molecule has 6 heteroatoms. The fraction of sp³-hybridized carbons (Fsp3) is 0.190. The van der Waals surface area contributed by atoms with Crippen LogP contribution in [0.15, 0.2) is 67.0 Å². The number of carbonyl (C=O) groups is 1.